The van der Waals surface area contributed by atoms with E-state index in [2.05, 4.69) is 10.5 Å². The fourth-order valence-corrected chi connectivity index (χ4v) is 1.69. The summed E-state index contributed by atoms with van der Waals surface area (Å²) < 4.78 is 17.4. The lowest BCUT2D eigenvalue weighted by Gasteiger charge is -2.03. The molecular weight excluding hydrogens is 171 g/mol. The van der Waals surface area contributed by atoms with Crippen molar-refractivity contribution in [2.24, 2.45) is 5.92 Å². The number of halogens is 1. The first-order chi connectivity index (χ1) is 6.29. The van der Waals surface area contributed by atoms with Crippen LogP contribution in [0.4, 0.5) is 4.39 Å². The molecule has 1 aromatic heterocycles. The van der Waals surface area contributed by atoms with E-state index in [0.29, 0.717) is 0 Å². The van der Waals surface area contributed by atoms with E-state index in [1.54, 1.807) is 0 Å². The van der Waals surface area contributed by atoms with Gasteiger partial charge in [0.2, 0.25) is 0 Å². The Morgan fingerprint density at radius 2 is 2.62 bits per heavy atom. The van der Waals surface area contributed by atoms with Crippen molar-refractivity contribution in [3.05, 3.63) is 17.5 Å². The van der Waals surface area contributed by atoms with Crippen LogP contribution in [-0.4, -0.2) is 18.4 Å². The Balaban J connectivity index is 2.03. The molecule has 0 aliphatic carbocycles. The Kier molecular flexibility index (Phi) is 2.31. The van der Waals surface area contributed by atoms with Gasteiger partial charge in [0.15, 0.2) is 5.76 Å². The van der Waals surface area contributed by atoms with Gasteiger partial charge in [-0.2, -0.15) is 0 Å². The zero-order chi connectivity index (χ0) is 9.26. The van der Waals surface area contributed by atoms with Gasteiger partial charge in [0, 0.05) is 18.5 Å². The SMILES string of the molecule is Cc1cc(C2CC(CF)CN2)on1. The van der Waals surface area contributed by atoms with E-state index in [1.807, 2.05) is 13.0 Å². The summed E-state index contributed by atoms with van der Waals surface area (Å²) >= 11 is 0. The third-order valence-electron chi connectivity index (χ3n) is 2.43. The molecule has 1 saturated heterocycles. The Hall–Kier alpha value is -0.900. The van der Waals surface area contributed by atoms with Gasteiger partial charge in [-0.05, 0) is 13.3 Å². The van der Waals surface area contributed by atoms with Gasteiger partial charge >= 0.3 is 0 Å². The molecule has 1 aromatic rings. The maximum absolute atomic E-state index is 12.3. The molecule has 4 heteroatoms. The van der Waals surface area contributed by atoms with E-state index < -0.39 is 0 Å². The summed E-state index contributed by atoms with van der Waals surface area (Å²) in [5, 5.41) is 7.02. The Labute approximate surface area is 76.3 Å². The standard InChI is InChI=1S/C9H13FN2O/c1-6-2-9(13-12-6)8-3-7(4-10)5-11-8/h2,7-8,11H,3-5H2,1H3. The monoisotopic (exact) mass is 184 g/mol. The fraction of sp³-hybridized carbons (Fsp3) is 0.667. The van der Waals surface area contributed by atoms with Crippen molar-refractivity contribution in [1.82, 2.24) is 10.5 Å². The van der Waals surface area contributed by atoms with Gasteiger partial charge in [0.25, 0.3) is 0 Å². The summed E-state index contributed by atoms with van der Waals surface area (Å²) in [6, 6.07) is 2.06. The molecule has 3 nitrogen and oxygen atoms in total. The zero-order valence-electron chi connectivity index (χ0n) is 7.59. The Morgan fingerprint density at radius 1 is 1.77 bits per heavy atom. The lowest BCUT2D eigenvalue weighted by atomic mass is 10.1. The van der Waals surface area contributed by atoms with Crippen LogP contribution in [0.5, 0.6) is 0 Å². The van der Waals surface area contributed by atoms with Crippen LogP contribution >= 0.6 is 0 Å². The van der Waals surface area contributed by atoms with E-state index in [0.717, 1.165) is 24.4 Å². The molecule has 2 atom stereocenters. The molecule has 1 aliphatic rings. The first-order valence-electron chi connectivity index (χ1n) is 4.52. The number of hydrogen-bond acceptors (Lipinski definition) is 3. The highest BCUT2D eigenvalue weighted by molar-refractivity contribution is 5.09. The first kappa shape index (κ1) is 8.69. The number of rotatable bonds is 2. The molecule has 13 heavy (non-hydrogen) atoms. The van der Waals surface area contributed by atoms with E-state index in [-0.39, 0.29) is 18.6 Å². The van der Waals surface area contributed by atoms with Crippen molar-refractivity contribution in [3.8, 4) is 0 Å². The van der Waals surface area contributed by atoms with E-state index in [9.17, 15) is 4.39 Å². The minimum absolute atomic E-state index is 0.135. The van der Waals surface area contributed by atoms with Crippen molar-refractivity contribution in [2.45, 2.75) is 19.4 Å². The number of hydrogen-bond donors (Lipinski definition) is 1. The lowest BCUT2D eigenvalue weighted by Crippen LogP contribution is -2.13. The molecule has 0 saturated carbocycles. The second-order valence-electron chi connectivity index (χ2n) is 3.59. The van der Waals surface area contributed by atoms with E-state index in [1.165, 1.54) is 0 Å². The summed E-state index contributed by atoms with van der Waals surface area (Å²) in [4.78, 5) is 0. The summed E-state index contributed by atoms with van der Waals surface area (Å²) in [6.45, 7) is 2.37. The highest BCUT2D eigenvalue weighted by Crippen LogP contribution is 2.27. The third kappa shape index (κ3) is 1.72. The highest BCUT2D eigenvalue weighted by atomic mass is 19.1. The van der Waals surface area contributed by atoms with Crippen LogP contribution in [-0.2, 0) is 0 Å². The van der Waals surface area contributed by atoms with Crippen LogP contribution in [0.1, 0.15) is 23.9 Å². The average Bonchev–Trinajstić information content (AvgIpc) is 2.71. The predicted octanol–water partition coefficient (Wildman–Crippen LogP) is 1.60. The molecule has 0 radical (unpaired) electrons. The van der Waals surface area contributed by atoms with Crippen molar-refractivity contribution in [3.63, 3.8) is 0 Å². The zero-order valence-corrected chi connectivity index (χ0v) is 7.59. The maximum Gasteiger partial charge on any atom is 0.153 e. The van der Waals surface area contributed by atoms with E-state index in [4.69, 9.17) is 4.52 Å². The first-order valence-corrected chi connectivity index (χ1v) is 4.52. The number of alkyl halides is 1. The molecular formula is C9H13FN2O. The van der Waals surface area contributed by atoms with Gasteiger partial charge in [-0.1, -0.05) is 5.16 Å². The van der Waals surface area contributed by atoms with Crippen LogP contribution in [0.3, 0.4) is 0 Å². The van der Waals surface area contributed by atoms with Gasteiger partial charge in [-0.3, -0.25) is 4.39 Å². The Morgan fingerprint density at radius 3 is 3.15 bits per heavy atom. The second kappa shape index (κ2) is 3.46. The van der Waals surface area contributed by atoms with Gasteiger partial charge in [0.1, 0.15) is 0 Å². The molecule has 0 aromatic carbocycles. The van der Waals surface area contributed by atoms with Gasteiger partial charge in [-0.15, -0.1) is 0 Å². The van der Waals surface area contributed by atoms with Gasteiger partial charge in [0.05, 0.1) is 18.4 Å². The number of aryl methyl sites for hydroxylation is 1. The number of nitrogens with zero attached hydrogens (tertiary/aromatic N) is 1. The highest BCUT2D eigenvalue weighted by Gasteiger charge is 2.27. The number of aromatic nitrogens is 1. The van der Waals surface area contributed by atoms with Crippen molar-refractivity contribution < 1.29 is 8.91 Å². The molecule has 0 spiro atoms. The quantitative estimate of drug-likeness (QED) is 0.758. The summed E-state index contributed by atoms with van der Waals surface area (Å²) in [6.07, 6.45) is 0.811. The molecule has 1 N–H and O–H groups in total. The maximum atomic E-state index is 12.3. The second-order valence-corrected chi connectivity index (χ2v) is 3.59. The van der Waals surface area contributed by atoms with Crippen molar-refractivity contribution >= 4 is 0 Å². The summed E-state index contributed by atoms with van der Waals surface area (Å²) in [5.74, 6) is 0.962. The van der Waals surface area contributed by atoms with Crippen LogP contribution in [0.2, 0.25) is 0 Å². The Bertz CT molecular complexity index is 287. The largest absolute Gasteiger partial charge is 0.359 e. The minimum Gasteiger partial charge on any atom is -0.359 e. The normalized spacial score (nSPS) is 28.2. The van der Waals surface area contributed by atoms with Crippen molar-refractivity contribution in [2.75, 3.05) is 13.2 Å². The minimum atomic E-state index is -0.253. The lowest BCUT2D eigenvalue weighted by molar-refractivity contribution is 0.337. The molecule has 2 unspecified atom stereocenters. The fourth-order valence-electron chi connectivity index (χ4n) is 1.69. The van der Waals surface area contributed by atoms with Crippen LogP contribution < -0.4 is 5.32 Å². The molecule has 0 bridgehead atoms. The van der Waals surface area contributed by atoms with Crippen molar-refractivity contribution in [1.29, 1.82) is 0 Å². The molecule has 1 aliphatic heterocycles. The average molecular weight is 184 g/mol. The smallest absolute Gasteiger partial charge is 0.153 e. The summed E-state index contributed by atoms with van der Waals surface area (Å²) in [5.41, 5.74) is 0.875. The molecule has 0 amide bonds. The van der Waals surface area contributed by atoms with Gasteiger partial charge in [-0.25, -0.2) is 0 Å². The molecule has 72 valence electrons. The van der Waals surface area contributed by atoms with Gasteiger partial charge < -0.3 is 9.84 Å². The van der Waals surface area contributed by atoms with E-state index >= 15 is 0 Å². The number of nitrogens with one attached hydrogen (secondary N) is 1. The predicted molar refractivity (Wildman–Crippen MR) is 46.1 cm³/mol. The van der Waals surface area contributed by atoms with Crippen LogP contribution in [0.25, 0.3) is 0 Å². The van der Waals surface area contributed by atoms with Crippen LogP contribution in [0, 0.1) is 12.8 Å². The topological polar surface area (TPSA) is 38.1 Å². The molecule has 2 rings (SSSR count). The third-order valence-corrected chi connectivity index (χ3v) is 2.43. The molecule has 1 fully saturated rings. The van der Waals surface area contributed by atoms with Crippen LogP contribution in [0.15, 0.2) is 10.6 Å². The molecule has 2 heterocycles. The summed E-state index contributed by atoms with van der Waals surface area (Å²) in [7, 11) is 0.